The molecule has 1 aromatic carbocycles. The lowest BCUT2D eigenvalue weighted by Crippen LogP contribution is -2.18. The first kappa shape index (κ1) is 18.7. The number of anilines is 1. The van der Waals surface area contributed by atoms with Crippen molar-refractivity contribution >= 4 is 11.9 Å². The molecule has 0 spiro atoms. The van der Waals surface area contributed by atoms with Gasteiger partial charge < -0.3 is 15.6 Å². The smallest absolute Gasteiger partial charge is 0.339 e. The molecule has 0 amide bonds. The summed E-state index contributed by atoms with van der Waals surface area (Å²) in [6.07, 6.45) is 1.03. The molecule has 0 aliphatic carbocycles. The molecule has 0 saturated heterocycles. The van der Waals surface area contributed by atoms with Crippen molar-refractivity contribution in [3.63, 3.8) is 0 Å². The van der Waals surface area contributed by atoms with Crippen molar-refractivity contribution in [3.05, 3.63) is 46.8 Å². The summed E-state index contributed by atoms with van der Waals surface area (Å²) in [5.41, 5.74) is 7.56. The number of aryl methyl sites for hydroxylation is 1. The van der Waals surface area contributed by atoms with Gasteiger partial charge in [-0.15, -0.1) is 0 Å². The number of nitrogens with zero attached hydrogens (tertiary/aromatic N) is 2. The van der Waals surface area contributed by atoms with Gasteiger partial charge in [0.05, 0.1) is 5.69 Å². The standard InChI is InChI=1S/C19H25N3O3/c1-5-11(3)13-9-7-8-10-15(13)25-14(6-2)17-16(18(23)24)12(4)21-19(20)22-17/h7-11,14H,5-6H2,1-4H3,(H,23,24)(H2,20,21,22). The molecule has 2 unspecified atom stereocenters. The van der Waals surface area contributed by atoms with Crippen LogP contribution in [0.2, 0.25) is 0 Å². The Hall–Kier alpha value is -2.63. The number of aromatic nitrogens is 2. The van der Waals surface area contributed by atoms with Gasteiger partial charge >= 0.3 is 5.97 Å². The Labute approximate surface area is 148 Å². The van der Waals surface area contributed by atoms with E-state index < -0.39 is 12.1 Å². The first-order valence-electron chi connectivity index (χ1n) is 8.51. The average Bonchev–Trinajstić information content (AvgIpc) is 2.58. The Balaban J connectivity index is 2.48. The molecule has 1 heterocycles. The van der Waals surface area contributed by atoms with E-state index in [9.17, 15) is 9.90 Å². The van der Waals surface area contributed by atoms with Crippen LogP contribution in [0.1, 0.15) is 72.9 Å². The third kappa shape index (κ3) is 4.07. The molecular formula is C19H25N3O3. The van der Waals surface area contributed by atoms with Gasteiger partial charge in [-0.1, -0.05) is 39.0 Å². The largest absolute Gasteiger partial charge is 0.484 e. The van der Waals surface area contributed by atoms with Crippen molar-refractivity contribution < 1.29 is 14.6 Å². The maximum Gasteiger partial charge on any atom is 0.339 e. The third-order valence-electron chi connectivity index (χ3n) is 4.36. The number of carbonyl (C=O) groups is 1. The van der Waals surface area contributed by atoms with Crippen LogP contribution in [0.15, 0.2) is 24.3 Å². The van der Waals surface area contributed by atoms with E-state index >= 15 is 0 Å². The van der Waals surface area contributed by atoms with Crippen molar-refractivity contribution in [2.24, 2.45) is 0 Å². The van der Waals surface area contributed by atoms with E-state index in [2.05, 4.69) is 23.8 Å². The minimum absolute atomic E-state index is 0.0507. The van der Waals surface area contributed by atoms with Crippen LogP contribution in [-0.4, -0.2) is 21.0 Å². The minimum atomic E-state index is -1.08. The van der Waals surface area contributed by atoms with Crippen molar-refractivity contribution in [1.82, 2.24) is 9.97 Å². The molecule has 0 aliphatic heterocycles. The molecule has 134 valence electrons. The fraction of sp³-hybridized carbons (Fsp3) is 0.421. The zero-order valence-corrected chi connectivity index (χ0v) is 15.1. The molecule has 1 aromatic heterocycles. The summed E-state index contributed by atoms with van der Waals surface area (Å²) in [6, 6.07) is 7.83. The van der Waals surface area contributed by atoms with Crippen molar-refractivity contribution in [2.45, 2.75) is 52.6 Å². The number of nitrogens with two attached hydrogens (primary N) is 1. The highest BCUT2D eigenvalue weighted by molar-refractivity contribution is 5.90. The SMILES string of the molecule is CCC(C)c1ccccc1OC(CC)c1nc(N)nc(C)c1C(=O)O. The quantitative estimate of drug-likeness (QED) is 0.785. The summed E-state index contributed by atoms with van der Waals surface area (Å²) in [6.45, 7) is 7.80. The minimum Gasteiger partial charge on any atom is -0.484 e. The molecule has 25 heavy (non-hydrogen) atoms. The Bertz CT molecular complexity index is 762. The molecular weight excluding hydrogens is 318 g/mol. The number of aromatic carboxylic acids is 1. The van der Waals surface area contributed by atoms with Crippen molar-refractivity contribution in [2.75, 3.05) is 5.73 Å². The van der Waals surface area contributed by atoms with Crippen molar-refractivity contribution in [3.8, 4) is 5.75 Å². The van der Waals surface area contributed by atoms with E-state index in [1.54, 1.807) is 6.92 Å². The van der Waals surface area contributed by atoms with Crippen LogP contribution in [0, 0.1) is 6.92 Å². The average molecular weight is 343 g/mol. The van der Waals surface area contributed by atoms with Gasteiger partial charge in [0.25, 0.3) is 0 Å². The number of hydrogen-bond donors (Lipinski definition) is 2. The van der Waals surface area contributed by atoms with Crippen LogP contribution < -0.4 is 10.5 Å². The number of nitrogen functional groups attached to an aromatic ring is 1. The van der Waals surface area contributed by atoms with Gasteiger partial charge in [0.15, 0.2) is 0 Å². The molecule has 6 nitrogen and oxygen atoms in total. The second-order valence-electron chi connectivity index (χ2n) is 6.09. The number of rotatable bonds is 7. The fourth-order valence-electron chi connectivity index (χ4n) is 2.82. The van der Waals surface area contributed by atoms with Crippen LogP contribution in [0.3, 0.4) is 0 Å². The van der Waals surface area contributed by atoms with Crippen LogP contribution in [0.4, 0.5) is 5.95 Å². The van der Waals surface area contributed by atoms with E-state index in [-0.39, 0.29) is 11.5 Å². The van der Waals surface area contributed by atoms with Gasteiger partial charge in [-0.2, -0.15) is 0 Å². The predicted octanol–water partition coefficient (Wildman–Crippen LogP) is 4.11. The van der Waals surface area contributed by atoms with Gasteiger partial charge in [0, 0.05) is 0 Å². The lowest BCUT2D eigenvalue weighted by molar-refractivity contribution is 0.0688. The third-order valence-corrected chi connectivity index (χ3v) is 4.36. The van der Waals surface area contributed by atoms with Crippen molar-refractivity contribution in [1.29, 1.82) is 0 Å². The normalized spacial score (nSPS) is 13.3. The number of hydrogen-bond acceptors (Lipinski definition) is 5. The molecule has 0 radical (unpaired) electrons. The first-order valence-corrected chi connectivity index (χ1v) is 8.51. The van der Waals surface area contributed by atoms with E-state index in [0.29, 0.717) is 23.7 Å². The maximum atomic E-state index is 11.7. The van der Waals surface area contributed by atoms with E-state index in [0.717, 1.165) is 17.7 Å². The van der Waals surface area contributed by atoms with Crippen LogP contribution >= 0.6 is 0 Å². The zero-order valence-electron chi connectivity index (χ0n) is 15.1. The molecule has 3 N–H and O–H groups in total. The highest BCUT2D eigenvalue weighted by atomic mass is 16.5. The highest BCUT2D eigenvalue weighted by Crippen LogP contribution is 2.33. The number of benzene rings is 1. The summed E-state index contributed by atoms with van der Waals surface area (Å²) >= 11 is 0. The molecule has 2 aromatic rings. The maximum absolute atomic E-state index is 11.7. The summed E-state index contributed by atoms with van der Waals surface area (Å²) in [5, 5.41) is 9.55. The van der Waals surface area contributed by atoms with Gasteiger partial charge in [0.1, 0.15) is 23.1 Å². The second kappa shape index (κ2) is 7.96. The van der Waals surface area contributed by atoms with Gasteiger partial charge in [-0.05, 0) is 37.3 Å². The predicted molar refractivity (Wildman–Crippen MR) is 96.9 cm³/mol. The monoisotopic (exact) mass is 343 g/mol. The van der Waals surface area contributed by atoms with Gasteiger partial charge in [-0.3, -0.25) is 0 Å². The Morgan fingerprint density at radius 1 is 1.24 bits per heavy atom. The molecule has 2 rings (SSSR count). The lowest BCUT2D eigenvalue weighted by atomic mass is 9.97. The summed E-state index contributed by atoms with van der Waals surface area (Å²) < 4.78 is 6.20. The Kier molecular flexibility index (Phi) is 5.96. The van der Waals surface area contributed by atoms with Crippen LogP contribution in [0.5, 0.6) is 5.75 Å². The van der Waals surface area contributed by atoms with Crippen LogP contribution in [-0.2, 0) is 0 Å². The molecule has 0 fully saturated rings. The molecule has 0 saturated carbocycles. The van der Waals surface area contributed by atoms with Gasteiger partial charge in [-0.25, -0.2) is 14.8 Å². The Morgan fingerprint density at radius 3 is 2.52 bits per heavy atom. The lowest BCUT2D eigenvalue weighted by Gasteiger charge is -2.23. The molecule has 0 bridgehead atoms. The summed E-state index contributed by atoms with van der Waals surface area (Å²) in [7, 11) is 0. The van der Waals surface area contributed by atoms with Gasteiger partial charge in [0.2, 0.25) is 5.95 Å². The van der Waals surface area contributed by atoms with Crippen LogP contribution in [0.25, 0.3) is 0 Å². The number of carboxylic acids is 1. The topological polar surface area (TPSA) is 98.3 Å². The second-order valence-corrected chi connectivity index (χ2v) is 6.09. The molecule has 6 heteroatoms. The summed E-state index contributed by atoms with van der Waals surface area (Å²) in [5.74, 6) is 0.0549. The first-order chi connectivity index (χ1) is 11.9. The van der Waals surface area contributed by atoms with E-state index in [1.165, 1.54) is 0 Å². The van der Waals surface area contributed by atoms with E-state index in [4.69, 9.17) is 10.5 Å². The highest BCUT2D eigenvalue weighted by Gasteiger charge is 2.25. The zero-order chi connectivity index (χ0) is 18.6. The van der Waals surface area contributed by atoms with E-state index in [1.807, 2.05) is 31.2 Å². The molecule has 0 aliphatic rings. The number of para-hydroxylation sites is 1. The fourth-order valence-corrected chi connectivity index (χ4v) is 2.82. The number of carboxylic acid groups (broad SMARTS) is 1. The molecule has 2 atom stereocenters. The number of ether oxygens (including phenoxy) is 1. The summed E-state index contributed by atoms with van der Waals surface area (Å²) in [4.78, 5) is 19.8. The Morgan fingerprint density at radius 2 is 1.92 bits per heavy atom.